The maximum atomic E-state index is 12.9. The van der Waals surface area contributed by atoms with Crippen LogP contribution >= 0.6 is 15.9 Å². The van der Waals surface area contributed by atoms with Crippen LogP contribution in [0.4, 0.5) is 0 Å². The van der Waals surface area contributed by atoms with E-state index in [1.807, 2.05) is 13.0 Å². The van der Waals surface area contributed by atoms with E-state index in [0.29, 0.717) is 34.8 Å². The normalized spacial score (nSPS) is 19.2. The van der Waals surface area contributed by atoms with E-state index in [4.69, 9.17) is 14.2 Å². The van der Waals surface area contributed by atoms with E-state index in [1.165, 1.54) is 0 Å². The van der Waals surface area contributed by atoms with Crippen molar-refractivity contribution in [2.75, 3.05) is 20.8 Å². The predicted octanol–water partition coefficient (Wildman–Crippen LogP) is 4.00. The van der Waals surface area contributed by atoms with Gasteiger partial charge in [0.15, 0.2) is 17.3 Å². The average Bonchev–Trinajstić information content (AvgIpc) is 2.67. The number of halogens is 1. The number of allylic oxidation sites excluding steroid dienone is 3. The van der Waals surface area contributed by atoms with Crippen molar-refractivity contribution in [1.29, 1.82) is 0 Å². The minimum atomic E-state index is -0.530. The molecule has 1 N–H and O–H groups in total. The average molecular weight is 450 g/mol. The molecule has 1 heterocycles. The molecule has 0 amide bonds. The second-order valence-electron chi connectivity index (χ2n) is 6.71. The number of hydrogen-bond acceptors (Lipinski definition) is 6. The highest BCUT2D eigenvalue weighted by Gasteiger charge is 2.40. The van der Waals surface area contributed by atoms with Crippen molar-refractivity contribution in [3.63, 3.8) is 0 Å². The summed E-state index contributed by atoms with van der Waals surface area (Å²) in [6.45, 7) is 3.87. The van der Waals surface area contributed by atoms with Crippen molar-refractivity contribution in [3.05, 3.63) is 44.7 Å². The van der Waals surface area contributed by atoms with Gasteiger partial charge in [0.25, 0.3) is 0 Å². The lowest BCUT2D eigenvalue weighted by Crippen LogP contribution is -2.34. The molecule has 0 unspecified atom stereocenters. The van der Waals surface area contributed by atoms with Gasteiger partial charge >= 0.3 is 5.97 Å². The molecule has 2 aliphatic rings. The number of rotatable bonds is 5. The van der Waals surface area contributed by atoms with E-state index in [0.717, 1.165) is 28.6 Å². The molecule has 0 spiro atoms. The van der Waals surface area contributed by atoms with Gasteiger partial charge in [-0.3, -0.25) is 4.79 Å². The van der Waals surface area contributed by atoms with E-state index in [9.17, 15) is 9.59 Å². The fraction of sp³-hybridized carbons (Fsp3) is 0.429. The van der Waals surface area contributed by atoms with Crippen LogP contribution in [0, 0.1) is 0 Å². The molecule has 1 aromatic carbocycles. The molecule has 7 heteroatoms. The van der Waals surface area contributed by atoms with Gasteiger partial charge in [-0.05, 0) is 44.4 Å². The van der Waals surface area contributed by atoms with Gasteiger partial charge in [0.05, 0.1) is 26.4 Å². The van der Waals surface area contributed by atoms with Crippen LogP contribution in [0.5, 0.6) is 11.5 Å². The number of methoxy groups -OCH3 is 2. The Balaban J connectivity index is 2.24. The summed E-state index contributed by atoms with van der Waals surface area (Å²) in [7, 11) is 3.12. The Bertz CT molecular complexity index is 887. The molecule has 6 nitrogen and oxygen atoms in total. The molecule has 1 aliphatic heterocycles. The zero-order chi connectivity index (χ0) is 20.4. The van der Waals surface area contributed by atoms with Gasteiger partial charge in [0.2, 0.25) is 0 Å². The van der Waals surface area contributed by atoms with Crippen molar-refractivity contribution in [2.24, 2.45) is 0 Å². The number of ether oxygens (including phenoxy) is 3. The molecule has 1 aliphatic carbocycles. The number of benzene rings is 1. The first-order chi connectivity index (χ1) is 13.4. The summed E-state index contributed by atoms with van der Waals surface area (Å²) >= 11 is 3.59. The maximum Gasteiger partial charge on any atom is 0.336 e. The quantitative estimate of drug-likeness (QED) is 0.684. The highest BCUT2D eigenvalue weighted by Crippen LogP contribution is 2.47. The van der Waals surface area contributed by atoms with Gasteiger partial charge in [-0.2, -0.15) is 0 Å². The Kier molecular flexibility index (Phi) is 6.13. The van der Waals surface area contributed by atoms with Crippen molar-refractivity contribution >= 4 is 27.7 Å². The zero-order valence-electron chi connectivity index (χ0n) is 16.5. The van der Waals surface area contributed by atoms with Gasteiger partial charge in [-0.15, -0.1) is 0 Å². The highest BCUT2D eigenvalue weighted by atomic mass is 79.9. The maximum absolute atomic E-state index is 12.9. The number of ketones is 1. The summed E-state index contributed by atoms with van der Waals surface area (Å²) in [6.07, 6.45) is 2.04. The molecular weight excluding hydrogens is 426 g/mol. The number of esters is 1. The van der Waals surface area contributed by atoms with Crippen LogP contribution in [-0.4, -0.2) is 32.6 Å². The van der Waals surface area contributed by atoms with Crippen molar-refractivity contribution in [2.45, 2.75) is 39.0 Å². The summed E-state index contributed by atoms with van der Waals surface area (Å²) in [5, 5.41) is 3.27. The van der Waals surface area contributed by atoms with Gasteiger partial charge in [-0.25, -0.2) is 4.79 Å². The molecule has 28 heavy (non-hydrogen) atoms. The van der Waals surface area contributed by atoms with Crippen LogP contribution in [0.2, 0.25) is 0 Å². The number of dihydropyridines is 1. The molecular formula is C21H24BrNO5. The minimum Gasteiger partial charge on any atom is -0.493 e. The summed E-state index contributed by atoms with van der Waals surface area (Å²) in [4.78, 5) is 25.7. The molecule has 1 aromatic rings. The smallest absolute Gasteiger partial charge is 0.336 e. The van der Waals surface area contributed by atoms with Crippen LogP contribution in [0.1, 0.15) is 44.6 Å². The molecule has 0 aromatic heterocycles. The van der Waals surface area contributed by atoms with Crippen molar-refractivity contribution < 1.29 is 23.8 Å². The third-order valence-corrected chi connectivity index (χ3v) is 5.77. The molecule has 150 valence electrons. The topological polar surface area (TPSA) is 73.9 Å². The van der Waals surface area contributed by atoms with Crippen LogP contribution in [0.3, 0.4) is 0 Å². The molecule has 0 bridgehead atoms. The molecule has 3 rings (SSSR count). The van der Waals surface area contributed by atoms with Crippen LogP contribution in [-0.2, 0) is 14.3 Å². The van der Waals surface area contributed by atoms with E-state index < -0.39 is 11.9 Å². The number of Topliss-reactive ketones (excluding diaryl/α,β-unsaturated/α-hetero) is 1. The molecule has 0 radical (unpaired) electrons. The molecule has 0 fully saturated rings. The summed E-state index contributed by atoms with van der Waals surface area (Å²) < 4.78 is 16.9. The predicted molar refractivity (Wildman–Crippen MR) is 108 cm³/mol. The van der Waals surface area contributed by atoms with Crippen LogP contribution in [0.15, 0.2) is 39.1 Å². The van der Waals surface area contributed by atoms with Crippen molar-refractivity contribution in [3.8, 4) is 11.5 Å². The Morgan fingerprint density at radius 1 is 1.21 bits per heavy atom. The number of hydrogen-bond donors (Lipinski definition) is 1. The largest absolute Gasteiger partial charge is 0.493 e. The molecule has 0 saturated heterocycles. The van der Waals surface area contributed by atoms with E-state index in [-0.39, 0.29) is 12.4 Å². The standard InChI is InChI=1S/C21H24BrNO5/c1-5-28-21(25)18-11(2)23-14-7-6-8-15(24)20(14)19(18)12-9-16(26-3)17(27-4)10-13(12)22/h9-10,19,23H,5-8H2,1-4H3/t19-/m0/s1. The fourth-order valence-corrected chi connectivity index (χ4v) is 4.42. The van der Waals surface area contributed by atoms with E-state index in [1.54, 1.807) is 27.2 Å². The number of carbonyl (C=O) groups excluding carboxylic acids is 2. The minimum absolute atomic E-state index is 0.0507. The Labute approximate surface area is 173 Å². The van der Waals surface area contributed by atoms with Gasteiger partial charge in [-0.1, -0.05) is 15.9 Å². The first-order valence-electron chi connectivity index (χ1n) is 9.25. The fourth-order valence-electron chi connectivity index (χ4n) is 3.86. The Hall–Kier alpha value is -2.28. The van der Waals surface area contributed by atoms with E-state index >= 15 is 0 Å². The third-order valence-electron chi connectivity index (χ3n) is 5.09. The summed E-state index contributed by atoms with van der Waals surface area (Å²) in [5.74, 6) is 0.191. The van der Waals surface area contributed by atoms with Crippen molar-refractivity contribution in [1.82, 2.24) is 5.32 Å². The van der Waals surface area contributed by atoms with Crippen LogP contribution < -0.4 is 14.8 Å². The number of nitrogens with one attached hydrogen (secondary N) is 1. The second-order valence-corrected chi connectivity index (χ2v) is 7.57. The number of carbonyl (C=O) groups is 2. The highest BCUT2D eigenvalue weighted by molar-refractivity contribution is 9.10. The van der Waals surface area contributed by atoms with Crippen LogP contribution in [0.25, 0.3) is 0 Å². The lowest BCUT2D eigenvalue weighted by Gasteiger charge is -2.34. The summed E-state index contributed by atoms with van der Waals surface area (Å²) in [5.41, 5.74) is 3.44. The zero-order valence-corrected chi connectivity index (χ0v) is 18.1. The first-order valence-corrected chi connectivity index (χ1v) is 10.0. The monoisotopic (exact) mass is 449 g/mol. The first kappa shape index (κ1) is 20.5. The SMILES string of the molecule is CCOC(=O)C1=C(C)NC2=C(C(=O)CCC2)[C@H]1c1cc(OC)c(OC)cc1Br. The lowest BCUT2D eigenvalue weighted by molar-refractivity contribution is -0.138. The second kappa shape index (κ2) is 8.39. The third kappa shape index (κ3) is 3.55. The molecule has 0 saturated carbocycles. The van der Waals surface area contributed by atoms with E-state index in [2.05, 4.69) is 21.2 Å². The summed E-state index contributed by atoms with van der Waals surface area (Å²) in [6, 6.07) is 3.61. The Morgan fingerprint density at radius 3 is 2.54 bits per heavy atom. The lowest BCUT2D eigenvalue weighted by atomic mass is 9.75. The Morgan fingerprint density at radius 2 is 1.89 bits per heavy atom. The van der Waals surface area contributed by atoms with Gasteiger partial charge < -0.3 is 19.5 Å². The van der Waals surface area contributed by atoms with Gasteiger partial charge in [0, 0.05) is 33.8 Å². The van der Waals surface area contributed by atoms with Gasteiger partial charge in [0.1, 0.15) is 0 Å². The molecule has 1 atom stereocenters.